The van der Waals surface area contributed by atoms with Gasteiger partial charge in [0.1, 0.15) is 5.82 Å². The number of nitrogens with one attached hydrogen (secondary N) is 2. The van der Waals surface area contributed by atoms with Crippen molar-refractivity contribution >= 4 is 17.8 Å². The van der Waals surface area contributed by atoms with Crippen molar-refractivity contribution in [2.75, 3.05) is 25.1 Å². The molecule has 1 aromatic heterocycles. The molecule has 0 unspecified atom stereocenters. The van der Waals surface area contributed by atoms with Crippen LogP contribution in [0.4, 0.5) is 10.6 Å². The fourth-order valence-electron chi connectivity index (χ4n) is 3.37. The highest BCUT2D eigenvalue weighted by molar-refractivity contribution is 5.77. The van der Waals surface area contributed by atoms with Crippen molar-refractivity contribution in [1.82, 2.24) is 15.6 Å². The van der Waals surface area contributed by atoms with Crippen molar-refractivity contribution in [1.29, 1.82) is 0 Å². The minimum absolute atomic E-state index is 0.0893. The maximum Gasteiger partial charge on any atom is 0.315 e. The monoisotopic (exact) mass is 382 g/mol. The van der Waals surface area contributed by atoms with Crippen LogP contribution in [-0.4, -0.2) is 43.2 Å². The predicted octanol–water partition coefficient (Wildman–Crippen LogP) is 2.65. The van der Waals surface area contributed by atoms with E-state index in [1.54, 1.807) is 6.20 Å². The van der Waals surface area contributed by atoms with Crippen molar-refractivity contribution in [3.63, 3.8) is 0 Å². The molecule has 0 spiro atoms. The second kappa shape index (κ2) is 9.73. The van der Waals surface area contributed by atoms with Crippen LogP contribution in [-0.2, 0) is 9.53 Å². The molecule has 2 heterocycles. The van der Waals surface area contributed by atoms with Gasteiger partial charge in [-0.1, -0.05) is 36.4 Å². The zero-order chi connectivity index (χ0) is 19.8. The topological polar surface area (TPSA) is 83.6 Å². The Hall–Kier alpha value is -3.09. The molecule has 0 bridgehead atoms. The highest BCUT2D eigenvalue weighted by atomic mass is 16.5. The molecule has 2 N–H and O–H groups in total. The molecular weight excluding hydrogens is 356 g/mol. The summed E-state index contributed by atoms with van der Waals surface area (Å²) in [5.41, 5.74) is 0.869. The van der Waals surface area contributed by atoms with Gasteiger partial charge in [0, 0.05) is 25.3 Å². The first-order chi connectivity index (χ1) is 13.7. The summed E-state index contributed by atoms with van der Waals surface area (Å²) >= 11 is 0. The molecule has 28 heavy (non-hydrogen) atoms. The minimum atomic E-state index is -0.428. The molecule has 1 saturated heterocycles. The van der Waals surface area contributed by atoms with E-state index in [-0.39, 0.29) is 24.5 Å². The smallest absolute Gasteiger partial charge is 0.315 e. The fourth-order valence-corrected chi connectivity index (χ4v) is 3.37. The second-order valence-electron chi connectivity index (χ2n) is 6.81. The first kappa shape index (κ1) is 19.7. The number of benzene rings is 1. The largest absolute Gasteiger partial charge is 0.469 e. The molecule has 0 radical (unpaired) electrons. The summed E-state index contributed by atoms with van der Waals surface area (Å²) in [5, 5.41) is 5.95. The highest BCUT2D eigenvalue weighted by Crippen LogP contribution is 2.19. The fraction of sp³-hybridized carbons (Fsp3) is 0.381. The molecule has 3 rings (SSSR count). The Morgan fingerprint density at radius 1 is 1.14 bits per heavy atom. The van der Waals surface area contributed by atoms with E-state index in [9.17, 15) is 9.59 Å². The van der Waals surface area contributed by atoms with Crippen LogP contribution in [0.1, 0.15) is 30.9 Å². The SMILES string of the molecule is COC(=O)C[C@H](NC(=O)NC1CCN(c2ccccn2)CC1)c1ccccc1. The lowest BCUT2D eigenvalue weighted by atomic mass is 10.0. The molecule has 1 fully saturated rings. The number of anilines is 1. The average molecular weight is 382 g/mol. The quantitative estimate of drug-likeness (QED) is 0.751. The Morgan fingerprint density at radius 2 is 1.86 bits per heavy atom. The molecule has 1 aromatic carbocycles. The van der Waals surface area contributed by atoms with Crippen LogP contribution < -0.4 is 15.5 Å². The van der Waals surface area contributed by atoms with Crippen molar-refractivity contribution in [2.24, 2.45) is 0 Å². The summed E-state index contributed by atoms with van der Waals surface area (Å²) in [5.74, 6) is 0.602. The first-order valence-corrected chi connectivity index (χ1v) is 9.50. The van der Waals surface area contributed by atoms with Gasteiger partial charge in [0.05, 0.1) is 19.6 Å². The number of rotatable bonds is 6. The van der Waals surface area contributed by atoms with E-state index in [0.29, 0.717) is 0 Å². The Morgan fingerprint density at radius 3 is 2.50 bits per heavy atom. The molecule has 148 valence electrons. The van der Waals surface area contributed by atoms with Gasteiger partial charge in [-0.15, -0.1) is 0 Å². The average Bonchev–Trinajstić information content (AvgIpc) is 2.75. The number of hydrogen-bond donors (Lipinski definition) is 2. The molecule has 7 nitrogen and oxygen atoms in total. The summed E-state index contributed by atoms with van der Waals surface area (Å²) in [7, 11) is 1.35. The Kier molecular flexibility index (Phi) is 6.84. The summed E-state index contributed by atoms with van der Waals surface area (Å²) < 4.78 is 4.77. The van der Waals surface area contributed by atoms with Gasteiger partial charge in [0.25, 0.3) is 0 Å². The number of esters is 1. The number of piperidine rings is 1. The van der Waals surface area contributed by atoms with Gasteiger partial charge in [-0.05, 0) is 30.5 Å². The third kappa shape index (κ3) is 5.45. The lowest BCUT2D eigenvalue weighted by Crippen LogP contribution is -2.49. The molecule has 7 heteroatoms. The number of urea groups is 1. The van der Waals surface area contributed by atoms with E-state index >= 15 is 0 Å². The van der Waals surface area contributed by atoms with Gasteiger partial charge in [0.2, 0.25) is 0 Å². The van der Waals surface area contributed by atoms with Gasteiger partial charge >= 0.3 is 12.0 Å². The summed E-state index contributed by atoms with van der Waals surface area (Å²) in [4.78, 5) is 30.9. The third-order valence-electron chi connectivity index (χ3n) is 4.91. The standard InChI is InChI=1S/C21H26N4O3/c1-28-20(26)15-18(16-7-3-2-4-8-16)24-21(27)23-17-10-13-25(14-11-17)19-9-5-6-12-22-19/h2-9,12,17-18H,10-11,13-15H2,1H3,(H2,23,24,27)/t18-/m0/s1. The normalized spacial score (nSPS) is 15.5. The van der Waals surface area contributed by atoms with Crippen molar-refractivity contribution < 1.29 is 14.3 Å². The summed E-state index contributed by atoms with van der Waals surface area (Å²) in [6.07, 6.45) is 3.57. The van der Waals surface area contributed by atoms with E-state index < -0.39 is 6.04 Å². The third-order valence-corrected chi connectivity index (χ3v) is 4.91. The van der Waals surface area contributed by atoms with E-state index in [2.05, 4.69) is 20.5 Å². The zero-order valence-electron chi connectivity index (χ0n) is 16.0. The van der Waals surface area contributed by atoms with Gasteiger partial charge in [-0.2, -0.15) is 0 Å². The number of hydrogen-bond acceptors (Lipinski definition) is 5. The van der Waals surface area contributed by atoms with Crippen LogP contribution in [0.3, 0.4) is 0 Å². The number of carbonyl (C=O) groups is 2. The van der Waals surface area contributed by atoms with Crippen LogP contribution in [0.5, 0.6) is 0 Å². The van der Waals surface area contributed by atoms with Crippen molar-refractivity contribution in [3.05, 3.63) is 60.3 Å². The van der Waals surface area contributed by atoms with E-state index in [4.69, 9.17) is 4.74 Å². The summed E-state index contributed by atoms with van der Waals surface area (Å²) in [6, 6.07) is 14.7. The molecule has 2 aromatic rings. The number of methoxy groups -OCH3 is 1. The van der Waals surface area contributed by atoms with Crippen LogP contribution in [0, 0.1) is 0 Å². The lowest BCUT2D eigenvalue weighted by Gasteiger charge is -2.33. The molecule has 2 amide bonds. The highest BCUT2D eigenvalue weighted by Gasteiger charge is 2.24. The van der Waals surface area contributed by atoms with Crippen molar-refractivity contribution in [2.45, 2.75) is 31.3 Å². The Labute approximate surface area is 165 Å². The summed E-state index contributed by atoms with van der Waals surface area (Å²) in [6.45, 7) is 1.68. The Bertz CT molecular complexity index is 762. The van der Waals surface area contributed by atoms with Crippen LogP contribution >= 0.6 is 0 Å². The maximum atomic E-state index is 12.5. The van der Waals surface area contributed by atoms with E-state index in [1.807, 2.05) is 48.5 Å². The van der Waals surface area contributed by atoms with Crippen LogP contribution in [0.2, 0.25) is 0 Å². The number of ether oxygens (including phenoxy) is 1. The van der Waals surface area contributed by atoms with Crippen molar-refractivity contribution in [3.8, 4) is 0 Å². The molecule has 0 aliphatic carbocycles. The van der Waals surface area contributed by atoms with E-state index in [1.165, 1.54) is 7.11 Å². The van der Waals surface area contributed by atoms with Crippen LogP contribution in [0.25, 0.3) is 0 Å². The molecule has 0 saturated carbocycles. The maximum absolute atomic E-state index is 12.5. The number of aromatic nitrogens is 1. The lowest BCUT2D eigenvalue weighted by molar-refractivity contribution is -0.141. The van der Waals surface area contributed by atoms with Gasteiger partial charge in [0.15, 0.2) is 0 Å². The van der Waals surface area contributed by atoms with Gasteiger partial charge in [-0.25, -0.2) is 9.78 Å². The van der Waals surface area contributed by atoms with Gasteiger partial charge < -0.3 is 20.3 Å². The molecule has 1 atom stereocenters. The number of carbonyl (C=O) groups excluding carboxylic acids is 2. The first-order valence-electron chi connectivity index (χ1n) is 9.50. The zero-order valence-corrected chi connectivity index (χ0v) is 16.0. The number of pyridine rings is 1. The van der Waals surface area contributed by atoms with Crippen LogP contribution in [0.15, 0.2) is 54.7 Å². The van der Waals surface area contributed by atoms with Gasteiger partial charge in [-0.3, -0.25) is 4.79 Å². The molecule has 1 aliphatic heterocycles. The number of amides is 2. The Balaban J connectivity index is 1.53. The minimum Gasteiger partial charge on any atom is -0.469 e. The number of nitrogens with zero attached hydrogens (tertiary/aromatic N) is 2. The predicted molar refractivity (Wildman–Crippen MR) is 107 cm³/mol. The second-order valence-corrected chi connectivity index (χ2v) is 6.81. The molecule has 1 aliphatic rings. The molecular formula is C21H26N4O3. The van der Waals surface area contributed by atoms with E-state index in [0.717, 1.165) is 37.3 Å².